The zero-order valence-electron chi connectivity index (χ0n) is 8.62. The van der Waals surface area contributed by atoms with Gasteiger partial charge in [0, 0.05) is 24.2 Å². The molecule has 0 radical (unpaired) electrons. The molecule has 70 valence electrons. The summed E-state index contributed by atoms with van der Waals surface area (Å²) in [7, 11) is 0. The summed E-state index contributed by atoms with van der Waals surface area (Å²) in [4.78, 5) is 2.49. The molecule has 0 N–H and O–H groups in total. The minimum atomic E-state index is 0.617. The predicted octanol–water partition coefficient (Wildman–Crippen LogP) is 3.02. The van der Waals surface area contributed by atoms with Crippen LogP contribution >= 0.6 is 0 Å². The van der Waals surface area contributed by atoms with Gasteiger partial charge in [0.2, 0.25) is 0 Å². The van der Waals surface area contributed by atoms with Crippen molar-refractivity contribution in [3.05, 3.63) is 29.8 Å². The Morgan fingerprint density at radius 2 is 2.00 bits per heavy atom. The van der Waals surface area contributed by atoms with Crippen LogP contribution in [0.5, 0.6) is 0 Å². The molecular weight excluding hydrogens is 158 g/mol. The van der Waals surface area contributed by atoms with Crippen LogP contribution in [0, 0.1) is 0 Å². The van der Waals surface area contributed by atoms with Gasteiger partial charge in [0.25, 0.3) is 0 Å². The molecule has 0 bridgehead atoms. The first-order valence-corrected chi connectivity index (χ1v) is 5.05. The van der Waals surface area contributed by atoms with Crippen LogP contribution in [0.4, 0.5) is 5.69 Å². The van der Waals surface area contributed by atoms with Crippen molar-refractivity contribution in [1.29, 1.82) is 0 Å². The molecule has 0 saturated carbocycles. The zero-order valence-corrected chi connectivity index (χ0v) is 8.62. The van der Waals surface area contributed by atoms with Crippen LogP contribution in [0.25, 0.3) is 0 Å². The smallest absolute Gasteiger partial charge is 0.0404 e. The summed E-state index contributed by atoms with van der Waals surface area (Å²) in [5.74, 6) is 0.693. The van der Waals surface area contributed by atoms with Crippen LogP contribution in [0.2, 0.25) is 0 Å². The lowest BCUT2D eigenvalue weighted by Gasteiger charge is -2.24. The van der Waals surface area contributed by atoms with Gasteiger partial charge in [0.05, 0.1) is 0 Å². The minimum Gasteiger partial charge on any atom is -0.368 e. The predicted molar refractivity (Wildman–Crippen MR) is 57.3 cm³/mol. The van der Waals surface area contributed by atoms with Gasteiger partial charge in [0.15, 0.2) is 0 Å². The fourth-order valence-corrected chi connectivity index (χ4v) is 2.15. The number of nitrogens with zero attached hydrogens (tertiary/aromatic N) is 1. The molecule has 1 aromatic rings. The highest BCUT2D eigenvalue weighted by Crippen LogP contribution is 2.36. The second kappa shape index (κ2) is 3.06. The quantitative estimate of drug-likeness (QED) is 0.634. The highest BCUT2D eigenvalue weighted by atomic mass is 15.2. The first-order chi connectivity index (χ1) is 6.20. The number of benzene rings is 1. The van der Waals surface area contributed by atoms with E-state index in [4.69, 9.17) is 0 Å². The summed E-state index contributed by atoms with van der Waals surface area (Å²) < 4.78 is 0. The lowest BCUT2D eigenvalue weighted by atomic mass is 10.0. The third-order valence-electron chi connectivity index (χ3n) is 2.87. The largest absolute Gasteiger partial charge is 0.368 e. The first-order valence-electron chi connectivity index (χ1n) is 5.05. The van der Waals surface area contributed by atoms with Crippen molar-refractivity contribution in [2.75, 3.05) is 11.4 Å². The first kappa shape index (κ1) is 8.61. The van der Waals surface area contributed by atoms with E-state index in [0.717, 1.165) is 0 Å². The number of anilines is 1. The Morgan fingerprint density at radius 3 is 2.69 bits per heavy atom. The summed E-state index contributed by atoms with van der Waals surface area (Å²) in [6.45, 7) is 8.00. The van der Waals surface area contributed by atoms with Gasteiger partial charge in [-0.3, -0.25) is 0 Å². The van der Waals surface area contributed by atoms with E-state index >= 15 is 0 Å². The Hall–Kier alpha value is -0.980. The Morgan fingerprint density at radius 1 is 1.31 bits per heavy atom. The molecule has 0 spiro atoms. The minimum absolute atomic E-state index is 0.617. The van der Waals surface area contributed by atoms with E-state index in [0.29, 0.717) is 12.0 Å². The van der Waals surface area contributed by atoms with Crippen molar-refractivity contribution < 1.29 is 0 Å². The van der Waals surface area contributed by atoms with E-state index in [1.165, 1.54) is 17.8 Å². The Labute approximate surface area is 80.4 Å². The van der Waals surface area contributed by atoms with Gasteiger partial charge in [-0.1, -0.05) is 25.1 Å². The molecule has 0 saturated heterocycles. The van der Waals surface area contributed by atoms with Crippen LogP contribution in [-0.4, -0.2) is 12.6 Å². The van der Waals surface area contributed by atoms with E-state index in [1.807, 2.05) is 0 Å². The molecule has 1 aliphatic heterocycles. The summed E-state index contributed by atoms with van der Waals surface area (Å²) in [5.41, 5.74) is 2.95. The van der Waals surface area contributed by atoms with Crippen molar-refractivity contribution in [2.24, 2.45) is 0 Å². The van der Waals surface area contributed by atoms with Crippen LogP contribution in [0.15, 0.2) is 24.3 Å². The Balaban J connectivity index is 2.41. The number of hydrogen-bond donors (Lipinski definition) is 0. The number of rotatable bonds is 1. The maximum atomic E-state index is 2.49. The average molecular weight is 175 g/mol. The molecule has 1 heteroatoms. The maximum Gasteiger partial charge on any atom is 0.0404 e. The normalized spacial score (nSPS) is 20.9. The van der Waals surface area contributed by atoms with Crippen LogP contribution < -0.4 is 4.90 Å². The Bertz CT molecular complexity index is 304. The SMILES string of the molecule is CC(C)N1C[C@@H](C)c2ccccc21. The van der Waals surface area contributed by atoms with Gasteiger partial charge in [0.1, 0.15) is 0 Å². The molecule has 1 heterocycles. The van der Waals surface area contributed by atoms with Crippen molar-refractivity contribution in [1.82, 2.24) is 0 Å². The van der Waals surface area contributed by atoms with Crippen LogP contribution in [0.3, 0.4) is 0 Å². The molecule has 0 fully saturated rings. The lowest BCUT2D eigenvalue weighted by Crippen LogP contribution is -2.28. The van der Waals surface area contributed by atoms with Crippen LogP contribution in [-0.2, 0) is 0 Å². The molecule has 0 amide bonds. The summed E-state index contributed by atoms with van der Waals surface area (Å²) in [6.07, 6.45) is 0. The second-order valence-electron chi connectivity index (χ2n) is 4.21. The summed E-state index contributed by atoms with van der Waals surface area (Å²) >= 11 is 0. The highest BCUT2D eigenvalue weighted by molar-refractivity contribution is 5.60. The highest BCUT2D eigenvalue weighted by Gasteiger charge is 2.25. The second-order valence-corrected chi connectivity index (χ2v) is 4.21. The van der Waals surface area contributed by atoms with E-state index in [9.17, 15) is 0 Å². The van der Waals surface area contributed by atoms with E-state index in [1.54, 1.807) is 0 Å². The van der Waals surface area contributed by atoms with E-state index in [-0.39, 0.29) is 0 Å². The monoisotopic (exact) mass is 175 g/mol. The van der Waals surface area contributed by atoms with E-state index < -0.39 is 0 Å². The van der Waals surface area contributed by atoms with E-state index in [2.05, 4.69) is 49.9 Å². The average Bonchev–Trinajstić information content (AvgIpc) is 2.45. The zero-order chi connectivity index (χ0) is 9.42. The molecule has 2 rings (SSSR count). The standard InChI is InChI=1S/C12H17N/c1-9(2)13-8-10(3)11-6-4-5-7-12(11)13/h4-7,9-10H,8H2,1-3H3/t10-/m1/s1. The van der Waals surface area contributed by atoms with Gasteiger partial charge in [-0.05, 0) is 25.5 Å². The molecule has 0 aliphatic carbocycles. The van der Waals surface area contributed by atoms with Gasteiger partial charge >= 0.3 is 0 Å². The van der Waals surface area contributed by atoms with Crippen molar-refractivity contribution >= 4 is 5.69 Å². The lowest BCUT2D eigenvalue weighted by molar-refractivity contribution is 0.670. The van der Waals surface area contributed by atoms with Gasteiger partial charge in [-0.2, -0.15) is 0 Å². The molecular formula is C12H17N. The number of fused-ring (bicyclic) bond motifs is 1. The van der Waals surface area contributed by atoms with Crippen molar-refractivity contribution in [3.8, 4) is 0 Å². The van der Waals surface area contributed by atoms with Crippen LogP contribution in [0.1, 0.15) is 32.3 Å². The number of hydrogen-bond acceptors (Lipinski definition) is 1. The van der Waals surface area contributed by atoms with Crippen molar-refractivity contribution in [3.63, 3.8) is 0 Å². The summed E-state index contributed by atoms with van der Waals surface area (Å²) in [5, 5.41) is 0. The molecule has 1 atom stereocenters. The molecule has 1 aromatic carbocycles. The van der Waals surface area contributed by atoms with Gasteiger partial charge in [-0.25, -0.2) is 0 Å². The third kappa shape index (κ3) is 1.32. The Kier molecular flexibility index (Phi) is 2.03. The van der Waals surface area contributed by atoms with Gasteiger partial charge < -0.3 is 4.90 Å². The fraction of sp³-hybridized carbons (Fsp3) is 0.500. The molecule has 1 nitrogen and oxygen atoms in total. The fourth-order valence-electron chi connectivity index (χ4n) is 2.15. The van der Waals surface area contributed by atoms with Gasteiger partial charge in [-0.15, -0.1) is 0 Å². The maximum absolute atomic E-state index is 2.49. The molecule has 0 aromatic heterocycles. The number of para-hydroxylation sites is 1. The van der Waals surface area contributed by atoms with Crippen molar-refractivity contribution in [2.45, 2.75) is 32.7 Å². The topological polar surface area (TPSA) is 3.24 Å². The molecule has 0 unspecified atom stereocenters. The molecule has 1 aliphatic rings. The summed E-state index contributed by atoms with van der Waals surface area (Å²) in [6, 6.07) is 9.37. The molecule has 13 heavy (non-hydrogen) atoms. The third-order valence-corrected chi connectivity index (χ3v) is 2.87.